The highest BCUT2D eigenvalue weighted by Crippen LogP contribution is 2.32. The van der Waals surface area contributed by atoms with Crippen LogP contribution in [0.5, 0.6) is 11.5 Å². The Morgan fingerprint density at radius 2 is 1.37 bits per heavy atom. The molecule has 38 heavy (non-hydrogen) atoms. The Kier molecular flexibility index (Phi) is 13.0. The van der Waals surface area contributed by atoms with E-state index in [9.17, 15) is 24.3 Å². The zero-order valence-electron chi connectivity index (χ0n) is 23.3. The van der Waals surface area contributed by atoms with Gasteiger partial charge in [0.2, 0.25) is 0 Å². The van der Waals surface area contributed by atoms with E-state index in [0.29, 0.717) is 18.4 Å². The Labute approximate surface area is 223 Å². The highest BCUT2D eigenvalue weighted by atomic mass is 16.7. The van der Waals surface area contributed by atoms with Gasteiger partial charge in [-0.2, -0.15) is 0 Å². The van der Waals surface area contributed by atoms with E-state index in [2.05, 4.69) is 0 Å². The van der Waals surface area contributed by atoms with Crippen molar-refractivity contribution in [2.75, 3.05) is 0 Å². The highest BCUT2D eigenvalue weighted by molar-refractivity contribution is 5.79. The second kappa shape index (κ2) is 15.2. The summed E-state index contributed by atoms with van der Waals surface area (Å²) in [6, 6.07) is 4.16. The number of carboxylic acids is 1. The zero-order chi connectivity index (χ0) is 29.0. The van der Waals surface area contributed by atoms with Gasteiger partial charge in [-0.25, -0.2) is 9.59 Å². The summed E-state index contributed by atoms with van der Waals surface area (Å²) >= 11 is 0. The quantitative estimate of drug-likeness (QED) is 0.186. The van der Waals surface area contributed by atoms with E-state index < -0.39 is 48.1 Å². The molecule has 214 valence electrons. The van der Waals surface area contributed by atoms with E-state index in [1.54, 1.807) is 20.8 Å². The molecule has 11 nitrogen and oxygen atoms in total. The maximum atomic E-state index is 12.3. The smallest absolute Gasteiger partial charge is 0.480 e. The number of rotatable bonds is 14. The second-order valence-corrected chi connectivity index (χ2v) is 9.90. The lowest BCUT2D eigenvalue weighted by Gasteiger charge is -2.28. The third-order valence-corrected chi connectivity index (χ3v) is 5.64. The van der Waals surface area contributed by atoms with Crippen LogP contribution in [0.25, 0.3) is 0 Å². The summed E-state index contributed by atoms with van der Waals surface area (Å²) in [6.07, 6.45) is -2.67. The van der Waals surface area contributed by atoms with E-state index in [0.717, 1.165) is 0 Å². The van der Waals surface area contributed by atoms with Crippen molar-refractivity contribution in [1.29, 1.82) is 0 Å². The predicted octanol–water partition coefficient (Wildman–Crippen LogP) is 5.01. The molecule has 0 radical (unpaired) electrons. The first-order valence-corrected chi connectivity index (χ1v) is 12.8. The first-order valence-electron chi connectivity index (χ1n) is 12.8. The molecule has 4 atom stereocenters. The van der Waals surface area contributed by atoms with Crippen LogP contribution in [0.15, 0.2) is 18.2 Å². The van der Waals surface area contributed by atoms with E-state index in [1.807, 2.05) is 27.7 Å². The molecule has 0 aliphatic rings. The van der Waals surface area contributed by atoms with Gasteiger partial charge in [0.1, 0.15) is 23.9 Å². The Bertz CT molecular complexity index is 963. The molecular weight excluding hydrogens is 498 g/mol. The monoisotopic (exact) mass is 539 g/mol. The number of carbonyl (C=O) groups is 4. The molecule has 0 saturated heterocycles. The molecule has 0 aliphatic heterocycles. The molecule has 0 spiro atoms. The minimum atomic E-state index is -1.82. The number of esters is 1. The van der Waals surface area contributed by atoms with Crippen molar-refractivity contribution in [3.8, 4) is 11.5 Å². The van der Waals surface area contributed by atoms with Crippen LogP contribution >= 0.6 is 0 Å². The van der Waals surface area contributed by atoms with Gasteiger partial charge in [0.25, 0.3) is 0 Å². The molecule has 0 bridgehead atoms. The molecule has 1 aromatic rings. The molecule has 1 aromatic carbocycles. The summed E-state index contributed by atoms with van der Waals surface area (Å²) in [7, 11) is 0. The molecule has 3 unspecified atom stereocenters. The summed E-state index contributed by atoms with van der Waals surface area (Å²) in [6.45, 7) is 12.3. The molecule has 3 N–H and O–H groups in total. The minimum absolute atomic E-state index is 0.0884. The number of carbonyl (C=O) groups excluding carboxylic acids is 3. The van der Waals surface area contributed by atoms with Crippen LogP contribution in [0.4, 0.5) is 9.59 Å². The van der Waals surface area contributed by atoms with E-state index >= 15 is 0 Å². The van der Waals surface area contributed by atoms with Gasteiger partial charge in [0, 0.05) is 19.3 Å². The SMILES string of the molecule is CCC(C)OC(=O)Oc1ccc(CC(N)(C[C@H](C)OC(=O)CC(C)C)C(=O)O)cc1OC(=O)OC(C)CC. The van der Waals surface area contributed by atoms with Crippen LogP contribution in [0, 0.1) is 5.92 Å². The molecule has 1 rings (SSSR count). The van der Waals surface area contributed by atoms with E-state index in [-0.39, 0.29) is 36.7 Å². The predicted molar refractivity (Wildman–Crippen MR) is 138 cm³/mol. The summed E-state index contributed by atoms with van der Waals surface area (Å²) in [5, 5.41) is 9.89. The largest absolute Gasteiger partial charge is 0.514 e. The number of nitrogens with two attached hydrogens (primary N) is 1. The van der Waals surface area contributed by atoms with Crippen molar-refractivity contribution in [2.24, 2.45) is 11.7 Å². The van der Waals surface area contributed by atoms with Crippen molar-refractivity contribution in [2.45, 2.75) is 104 Å². The van der Waals surface area contributed by atoms with Crippen molar-refractivity contribution in [3.05, 3.63) is 23.8 Å². The Balaban J connectivity index is 3.19. The normalized spacial score (nSPS) is 15.0. The highest BCUT2D eigenvalue weighted by Gasteiger charge is 2.37. The van der Waals surface area contributed by atoms with Crippen molar-refractivity contribution in [1.82, 2.24) is 0 Å². The standard InChI is InChI=1S/C27H41NO10/c1-8-17(5)35-25(32)37-21-11-10-20(13-22(21)38-26(33)36-18(6)9-2)15-27(28,24(30)31)14-19(7)34-23(29)12-16(3)4/h10-11,13,16-19H,8-9,12,14-15,28H2,1-7H3,(H,30,31)/t17?,18?,19-,27?/m0/s1. The van der Waals surface area contributed by atoms with Gasteiger partial charge < -0.3 is 34.5 Å². The fourth-order valence-electron chi connectivity index (χ4n) is 3.31. The lowest BCUT2D eigenvalue weighted by atomic mass is 9.86. The van der Waals surface area contributed by atoms with Gasteiger partial charge in [-0.1, -0.05) is 33.8 Å². The van der Waals surface area contributed by atoms with Crippen LogP contribution in [-0.2, 0) is 30.2 Å². The average molecular weight is 540 g/mol. The van der Waals surface area contributed by atoms with Crippen molar-refractivity contribution in [3.63, 3.8) is 0 Å². The van der Waals surface area contributed by atoms with Crippen LogP contribution in [-0.4, -0.2) is 53.2 Å². The summed E-state index contributed by atoms with van der Waals surface area (Å²) in [5.41, 5.74) is 4.80. The molecule has 0 fully saturated rings. The summed E-state index contributed by atoms with van der Waals surface area (Å²) in [5.74, 6) is -1.97. The fraction of sp³-hybridized carbons (Fsp3) is 0.630. The number of ether oxygens (including phenoxy) is 5. The molecule has 11 heteroatoms. The third-order valence-electron chi connectivity index (χ3n) is 5.64. The lowest BCUT2D eigenvalue weighted by molar-refractivity contribution is -0.154. The van der Waals surface area contributed by atoms with Crippen molar-refractivity contribution < 1.29 is 48.0 Å². The van der Waals surface area contributed by atoms with Crippen molar-refractivity contribution >= 4 is 24.2 Å². The molecule has 0 aromatic heterocycles. The van der Waals surface area contributed by atoms with Gasteiger partial charge in [0.15, 0.2) is 11.5 Å². The van der Waals surface area contributed by atoms with Gasteiger partial charge in [-0.3, -0.25) is 9.59 Å². The first kappa shape index (κ1) is 32.7. The molecule has 0 saturated carbocycles. The molecule has 0 heterocycles. The summed E-state index contributed by atoms with van der Waals surface area (Å²) < 4.78 is 26.1. The zero-order valence-corrected chi connectivity index (χ0v) is 23.3. The Hall–Kier alpha value is -3.34. The van der Waals surface area contributed by atoms with Crippen LogP contribution in [0.3, 0.4) is 0 Å². The van der Waals surface area contributed by atoms with Crippen LogP contribution < -0.4 is 15.2 Å². The molecule has 0 aliphatic carbocycles. The number of benzene rings is 1. The van der Waals surface area contributed by atoms with Gasteiger partial charge in [-0.05, 0) is 57.2 Å². The maximum absolute atomic E-state index is 12.3. The number of hydrogen-bond donors (Lipinski definition) is 2. The van der Waals surface area contributed by atoms with Gasteiger partial charge in [0.05, 0.1) is 0 Å². The fourth-order valence-corrected chi connectivity index (χ4v) is 3.31. The van der Waals surface area contributed by atoms with E-state index in [1.165, 1.54) is 18.2 Å². The third kappa shape index (κ3) is 11.4. The van der Waals surface area contributed by atoms with Crippen LogP contribution in [0.2, 0.25) is 0 Å². The van der Waals surface area contributed by atoms with Gasteiger partial charge >= 0.3 is 24.2 Å². The first-order chi connectivity index (χ1) is 17.7. The second-order valence-electron chi connectivity index (χ2n) is 9.90. The molecule has 0 amide bonds. The van der Waals surface area contributed by atoms with E-state index in [4.69, 9.17) is 29.4 Å². The lowest BCUT2D eigenvalue weighted by Crippen LogP contribution is -2.52. The minimum Gasteiger partial charge on any atom is -0.480 e. The Morgan fingerprint density at radius 1 is 0.842 bits per heavy atom. The summed E-state index contributed by atoms with van der Waals surface area (Å²) in [4.78, 5) is 48.6. The Morgan fingerprint density at radius 3 is 1.84 bits per heavy atom. The molecular formula is C27H41NO10. The number of hydrogen-bond acceptors (Lipinski definition) is 10. The maximum Gasteiger partial charge on any atom is 0.514 e. The average Bonchev–Trinajstić information content (AvgIpc) is 2.79. The topological polar surface area (TPSA) is 161 Å². The van der Waals surface area contributed by atoms with Gasteiger partial charge in [-0.15, -0.1) is 0 Å². The number of carboxylic acid groups (broad SMARTS) is 1. The number of aliphatic carboxylic acids is 1. The van der Waals surface area contributed by atoms with Crippen LogP contribution in [0.1, 0.15) is 79.7 Å².